The first-order chi connectivity index (χ1) is 12.0. The van der Waals surface area contributed by atoms with Crippen LogP contribution in [-0.4, -0.2) is 35.6 Å². The predicted octanol–water partition coefficient (Wildman–Crippen LogP) is 2.47. The number of nitrogens with one attached hydrogen (secondary N) is 1. The van der Waals surface area contributed by atoms with E-state index in [4.69, 9.17) is 21.1 Å². The lowest BCUT2D eigenvalue weighted by atomic mass is 10.0. The molecule has 2 heterocycles. The number of fused-ring (bicyclic) bond motifs is 1. The summed E-state index contributed by atoms with van der Waals surface area (Å²) in [5, 5.41) is 2.56. The number of carbonyl (C=O) groups is 3. The van der Waals surface area contributed by atoms with Crippen LogP contribution < -0.4 is 14.8 Å². The normalized spacial score (nSPS) is 22.0. The summed E-state index contributed by atoms with van der Waals surface area (Å²) in [6, 6.07) is 2.35. The van der Waals surface area contributed by atoms with Crippen LogP contribution in [0, 0.1) is 0 Å². The molecule has 0 unspecified atom stereocenters. The molecule has 2 fully saturated rings. The highest BCUT2D eigenvalue weighted by Crippen LogP contribution is 2.38. The zero-order valence-electron chi connectivity index (χ0n) is 13.2. The summed E-state index contributed by atoms with van der Waals surface area (Å²) in [6.07, 6.45) is 4.82. The summed E-state index contributed by atoms with van der Waals surface area (Å²) in [5.41, 5.74) is 0.331. The molecule has 7 nitrogen and oxygen atoms in total. The van der Waals surface area contributed by atoms with Crippen LogP contribution in [0.15, 0.2) is 17.7 Å². The average Bonchev–Trinajstić information content (AvgIpc) is 3.22. The lowest BCUT2D eigenvalue weighted by molar-refractivity contribution is -0.131. The second kappa shape index (κ2) is 6.07. The fourth-order valence-corrected chi connectivity index (χ4v) is 3.57. The summed E-state index contributed by atoms with van der Waals surface area (Å²) >= 11 is 6.21. The zero-order chi connectivity index (χ0) is 17.6. The Morgan fingerprint density at radius 2 is 1.80 bits per heavy atom. The molecule has 4 amide bonds. The lowest BCUT2D eigenvalue weighted by Gasteiger charge is -2.31. The Kier molecular flexibility index (Phi) is 3.88. The molecule has 0 radical (unpaired) electrons. The largest absolute Gasteiger partial charge is 0.454 e. The maximum absolute atomic E-state index is 12.8. The van der Waals surface area contributed by atoms with Crippen molar-refractivity contribution in [3.63, 3.8) is 0 Å². The molecule has 1 aliphatic carbocycles. The number of amides is 4. The Hall–Kier alpha value is -2.54. The Morgan fingerprint density at radius 3 is 2.52 bits per heavy atom. The molecule has 1 saturated heterocycles. The Balaban J connectivity index is 1.70. The van der Waals surface area contributed by atoms with E-state index in [9.17, 15) is 14.4 Å². The maximum atomic E-state index is 12.8. The third kappa shape index (κ3) is 2.74. The fraction of sp³-hybridized carbons (Fsp3) is 0.353. The number of imide groups is 2. The number of benzene rings is 1. The van der Waals surface area contributed by atoms with Gasteiger partial charge in [0.1, 0.15) is 5.57 Å². The highest BCUT2D eigenvalue weighted by molar-refractivity contribution is 6.34. The van der Waals surface area contributed by atoms with Crippen LogP contribution in [0.4, 0.5) is 4.79 Å². The van der Waals surface area contributed by atoms with Gasteiger partial charge in [-0.1, -0.05) is 24.4 Å². The quantitative estimate of drug-likeness (QED) is 0.645. The van der Waals surface area contributed by atoms with Crippen LogP contribution in [0.2, 0.25) is 5.02 Å². The summed E-state index contributed by atoms with van der Waals surface area (Å²) in [5.74, 6) is -0.315. The van der Waals surface area contributed by atoms with Crippen molar-refractivity contribution in [1.29, 1.82) is 0 Å². The van der Waals surface area contributed by atoms with Crippen molar-refractivity contribution >= 4 is 35.5 Å². The number of ether oxygens (including phenoxy) is 2. The molecule has 4 rings (SSSR count). The van der Waals surface area contributed by atoms with Crippen LogP contribution in [-0.2, 0) is 9.59 Å². The smallest absolute Gasteiger partial charge is 0.331 e. The molecule has 25 heavy (non-hydrogen) atoms. The van der Waals surface area contributed by atoms with Gasteiger partial charge in [0.2, 0.25) is 6.79 Å². The molecule has 1 N–H and O–H groups in total. The second-order valence-corrected chi connectivity index (χ2v) is 6.56. The minimum Gasteiger partial charge on any atom is -0.454 e. The van der Waals surface area contributed by atoms with Gasteiger partial charge in [-0.15, -0.1) is 0 Å². The van der Waals surface area contributed by atoms with Crippen LogP contribution in [0.5, 0.6) is 11.5 Å². The number of barbiturate groups is 1. The minimum atomic E-state index is -0.724. The zero-order valence-corrected chi connectivity index (χ0v) is 14.0. The molecule has 130 valence electrons. The van der Waals surface area contributed by atoms with Crippen molar-refractivity contribution in [2.75, 3.05) is 6.79 Å². The van der Waals surface area contributed by atoms with Crippen LogP contribution >= 0.6 is 11.6 Å². The van der Waals surface area contributed by atoms with Gasteiger partial charge in [0.25, 0.3) is 11.8 Å². The van der Waals surface area contributed by atoms with E-state index in [1.54, 1.807) is 12.1 Å². The topological polar surface area (TPSA) is 84.9 Å². The van der Waals surface area contributed by atoms with E-state index >= 15 is 0 Å². The van der Waals surface area contributed by atoms with Crippen molar-refractivity contribution < 1.29 is 23.9 Å². The molecule has 0 aromatic heterocycles. The highest BCUT2D eigenvalue weighted by Gasteiger charge is 2.40. The molecule has 0 bridgehead atoms. The molecule has 1 saturated carbocycles. The van der Waals surface area contributed by atoms with Gasteiger partial charge < -0.3 is 9.47 Å². The SMILES string of the molecule is O=C1NC(=O)N(C2CCCC2)C(=O)/C1=C/c1cc2c(cc1Cl)OCO2. The monoisotopic (exact) mass is 362 g/mol. The van der Waals surface area contributed by atoms with Crippen LogP contribution in [0.25, 0.3) is 6.08 Å². The van der Waals surface area contributed by atoms with Gasteiger partial charge in [0, 0.05) is 12.1 Å². The number of halogens is 1. The highest BCUT2D eigenvalue weighted by atomic mass is 35.5. The number of hydrogen-bond donors (Lipinski definition) is 1. The molecule has 1 aromatic carbocycles. The fourth-order valence-electron chi connectivity index (χ4n) is 3.36. The average molecular weight is 363 g/mol. The summed E-state index contributed by atoms with van der Waals surface area (Å²) in [4.78, 5) is 38.2. The van der Waals surface area contributed by atoms with Gasteiger partial charge in [0.05, 0.1) is 5.02 Å². The van der Waals surface area contributed by atoms with Gasteiger partial charge in [-0.2, -0.15) is 0 Å². The number of hydrogen-bond acceptors (Lipinski definition) is 5. The van der Waals surface area contributed by atoms with E-state index in [0.29, 0.717) is 22.1 Å². The van der Waals surface area contributed by atoms with Crippen molar-refractivity contribution in [1.82, 2.24) is 10.2 Å². The van der Waals surface area contributed by atoms with E-state index in [1.807, 2.05) is 0 Å². The number of urea groups is 1. The molecule has 0 spiro atoms. The third-order valence-corrected chi connectivity index (χ3v) is 4.94. The van der Waals surface area contributed by atoms with Gasteiger partial charge in [-0.25, -0.2) is 4.79 Å². The number of carbonyl (C=O) groups excluding carboxylic acids is 3. The molecule has 8 heteroatoms. The summed E-state index contributed by atoms with van der Waals surface area (Å²) in [6.45, 7) is 0.0923. The van der Waals surface area contributed by atoms with Crippen LogP contribution in [0.1, 0.15) is 31.2 Å². The number of rotatable bonds is 2. The van der Waals surface area contributed by atoms with Crippen molar-refractivity contribution in [3.05, 3.63) is 28.3 Å². The standard InChI is InChI=1S/C17H15ClN2O5/c18-12-7-14-13(24-8-25-14)6-9(12)5-11-15(21)19-17(23)20(16(11)22)10-3-1-2-4-10/h5-7,10H,1-4,8H2,(H,19,21,23)/b11-5+. The minimum absolute atomic E-state index is 0.0923. The third-order valence-electron chi connectivity index (χ3n) is 4.61. The molecule has 1 aromatic rings. The van der Waals surface area contributed by atoms with E-state index in [-0.39, 0.29) is 18.4 Å². The first kappa shape index (κ1) is 16.0. The van der Waals surface area contributed by atoms with Gasteiger partial charge in [-0.05, 0) is 30.5 Å². The van der Waals surface area contributed by atoms with Crippen molar-refractivity contribution in [3.8, 4) is 11.5 Å². The van der Waals surface area contributed by atoms with Crippen molar-refractivity contribution in [2.24, 2.45) is 0 Å². The molecular weight excluding hydrogens is 348 g/mol. The van der Waals surface area contributed by atoms with Crippen LogP contribution in [0.3, 0.4) is 0 Å². The Bertz CT molecular complexity index is 814. The second-order valence-electron chi connectivity index (χ2n) is 6.16. The van der Waals surface area contributed by atoms with E-state index in [2.05, 4.69) is 5.32 Å². The number of nitrogens with zero attached hydrogens (tertiary/aromatic N) is 1. The first-order valence-electron chi connectivity index (χ1n) is 8.04. The van der Waals surface area contributed by atoms with E-state index in [1.165, 1.54) is 6.08 Å². The summed E-state index contributed by atoms with van der Waals surface area (Å²) < 4.78 is 10.5. The van der Waals surface area contributed by atoms with Crippen molar-refractivity contribution in [2.45, 2.75) is 31.7 Å². The van der Waals surface area contributed by atoms with Gasteiger partial charge >= 0.3 is 6.03 Å². The van der Waals surface area contributed by atoms with E-state index in [0.717, 1.165) is 30.6 Å². The van der Waals surface area contributed by atoms with E-state index < -0.39 is 17.8 Å². The summed E-state index contributed by atoms with van der Waals surface area (Å²) in [7, 11) is 0. The molecular formula is C17H15ClN2O5. The van der Waals surface area contributed by atoms with Gasteiger partial charge in [0.15, 0.2) is 11.5 Å². The lowest BCUT2D eigenvalue weighted by Crippen LogP contribution is -2.57. The molecule has 0 atom stereocenters. The first-order valence-corrected chi connectivity index (χ1v) is 8.42. The molecule has 3 aliphatic rings. The Morgan fingerprint density at radius 1 is 1.12 bits per heavy atom. The van der Waals surface area contributed by atoms with Gasteiger partial charge in [-0.3, -0.25) is 19.8 Å². The Labute approximate surface area is 148 Å². The maximum Gasteiger partial charge on any atom is 0.331 e. The predicted molar refractivity (Wildman–Crippen MR) is 88.2 cm³/mol. The molecule has 2 aliphatic heterocycles.